The summed E-state index contributed by atoms with van der Waals surface area (Å²) in [4.78, 5) is 14.6. The SMILES string of the molecule is C[C@@H]1CC[C@]2(C(=O)O[C@@H]3O[C@H](CO)[C@@H](O)[C@H](O)[C@H]3O)CC[C@]3(C)C(=CC[C@@H]4[C@@]5(C)C[C@@H](O)[C@@H](O[C@@H]6O[C@H](CO)[C@@H](O)[C@H](O)[C@H]6O)C(C)(C)[C@@H]5CC[C@]43C)[C@@H]2[C@]1(C)O. The third-order valence-corrected chi connectivity index (χ3v) is 17.6. The molecule has 5 aliphatic carbocycles. The lowest BCUT2D eigenvalue weighted by molar-refractivity contribution is -0.341. The Morgan fingerprint density at radius 2 is 1.33 bits per heavy atom. The molecule has 7 aliphatic rings. The van der Waals surface area contributed by atoms with Crippen molar-refractivity contribution in [1.29, 1.82) is 0 Å². The summed E-state index contributed by atoms with van der Waals surface area (Å²) in [5.74, 6) is -1.32. The monoisotopic (exact) mass is 812 g/mol. The van der Waals surface area contributed by atoms with Crippen molar-refractivity contribution in [2.75, 3.05) is 13.2 Å². The minimum absolute atomic E-state index is 0.0499. The first-order valence-electron chi connectivity index (χ1n) is 21.1. The topological polar surface area (TPSA) is 256 Å². The van der Waals surface area contributed by atoms with Crippen LogP contribution in [0.1, 0.15) is 99.8 Å². The average Bonchev–Trinajstić information content (AvgIpc) is 3.14. The van der Waals surface area contributed by atoms with Crippen LogP contribution < -0.4 is 0 Å². The number of aliphatic hydroxyl groups is 10. The van der Waals surface area contributed by atoms with E-state index in [1.54, 1.807) is 6.92 Å². The first-order valence-corrected chi connectivity index (χ1v) is 21.1. The van der Waals surface area contributed by atoms with Gasteiger partial charge in [0.15, 0.2) is 6.29 Å². The van der Waals surface area contributed by atoms with Gasteiger partial charge in [0.05, 0.1) is 36.4 Å². The molecule has 6 fully saturated rings. The lowest BCUT2D eigenvalue weighted by Crippen LogP contribution is -2.70. The minimum atomic E-state index is -1.75. The molecule has 0 bridgehead atoms. The van der Waals surface area contributed by atoms with Gasteiger partial charge in [-0.25, -0.2) is 0 Å². The summed E-state index contributed by atoms with van der Waals surface area (Å²) in [6, 6.07) is 0. The number of ether oxygens (including phenoxy) is 4. The largest absolute Gasteiger partial charge is 0.432 e. The Labute approximate surface area is 335 Å². The molecule has 10 N–H and O–H groups in total. The Morgan fingerprint density at radius 3 is 1.93 bits per heavy atom. The first kappa shape index (κ1) is 43.8. The summed E-state index contributed by atoms with van der Waals surface area (Å²) < 4.78 is 23.6. The molecule has 7 rings (SSSR count). The van der Waals surface area contributed by atoms with Gasteiger partial charge in [-0.3, -0.25) is 4.79 Å². The van der Waals surface area contributed by atoms with E-state index in [1.807, 2.05) is 6.92 Å². The van der Waals surface area contributed by atoms with Crippen molar-refractivity contribution in [3.63, 3.8) is 0 Å². The maximum Gasteiger partial charge on any atom is 0.315 e. The molecule has 0 aromatic carbocycles. The van der Waals surface area contributed by atoms with E-state index in [-0.39, 0.29) is 23.2 Å². The van der Waals surface area contributed by atoms with Crippen molar-refractivity contribution < 1.29 is 74.8 Å². The normalized spacial score (nSPS) is 56.0. The number of hydrogen-bond donors (Lipinski definition) is 10. The van der Waals surface area contributed by atoms with Crippen molar-refractivity contribution in [3.8, 4) is 0 Å². The Bertz CT molecular complexity index is 1550. The molecular weight excluding hydrogens is 744 g/mol. The molecule has 2 saturated heterocycles. The van der Waals surface area contributed by atoms with Gasteiger partial charge in [-0.1, -0.05) is 53.2 Å². The third-order valence-electron chi connectivity index (χ3n) is 17.6. The Kier molecular flexibility index (Phi) is 11.3. The Morgan fingerprint density at radius 1 is 0.754 bits per heavy atom. The standard InChI is InChI=1S/C42H68O15/c1-19-10-13-42(36(52)57-35-31(51)29(49)27(47)23(18-44)55-35)15-14-39(5)20(32(42)41(19,7)53)8-9-25-38(4)16-21(45)33(37(2,3)24(38)11-12-40(25,39)6)56-34-30(50)28(48)26(46)22(17-43)54-34/h8,19,21-35,43-51,53H,9-18H2,1-7H3/t19-,21-,22-,23-,24+,25-,26-,27-,28+,29+,30-,31-,32-,33-,34+,35+,38+,39-,40-,41-,42+/m1/s1. The second kappa shape index (κ2) is 14.7. The van der Waals surface area contributed by atoms with Crippen LogP contribution in [0.2, 0.25) is 0 Å². The Balaban J connectivity index is 1.20. The van der Waals surface area contributed by atoms with Crippen LogP contribution in [0.15, 0.2) is 11.6 Å². The van der Waals surface area contributed by atoms with Crippen LogP contribution in [-0.2, 0) is 23.7 Å². The molecule has 326 valence electrons. The molecule has 15 nitrogen and oxygen atoms in total. The molecule has 0 amide bonds. The molecule has 0 aromatic rings. The van der Waals surface area contributed by atoms with Gasteiger partial charge in [-0.15, -0.1) is 0 Å². The van der Waals surface area contributed by atoms with Crippen molar-refractivity contribution in [2.24, 2.45) is 50.7 Å². The average molecular weight is 813 g/mol. The van der Waals surface area contributed by atoms with E-state index in [0.29, 0.717) is 38.5 Å². The summed E-state index contributed by atoms with van der Waals surface area (Å²) in [5.41, 5.74) is -3.32. The molecule has 2 aliphatic heterocycles. The van der Waals surface area contributed by atoms with Gasteiger partial charge in [-0.05, 0) is 97.7 Å². The van der Waals surface area contributed by atoms with Gasteiger partial charge in [0.25, 0.3) is 0 Å². The van der Waals surface area contributed by atoms with E-state index in [2.05, 4.69) is 40.7 Å². The molecule has 2 heterocycles. The summed E-state index contributed by atoms with van der Waals surface area (Å²) in [7, 11) is 0. The van der Waals surface area contributed by atoms with Crippen LogP contribution >= 0.6 is 0 Å². The first-order chi connectivity index (χ1) is 26.5. The van der Waals surface area contributed by atoms with Crippen LogP contribution in [0.25, 0.3) is 0 Å². The van der Waals surface area contributed by atoms with Crippen LogP contribution in [0.5, 0.6) is 0 Å². The molecule has 15 heteroatoms. The number of esters is 1. The lowest BCUT2D eigenvalue weighted by Gasteiger charge is -2.72. The van der Waals surface area contributed by atoms with Crippen molar-refractivity contribution in [2.45, 2.75) is 179 Å². The van der Waals surface area contributed by atoms with Gasteiger partial charge >= 0.3 is 5.97 Å². The number of carbonyl (C=O) groups is 1. The van der Waals surface area contributed by atoms with Gasteiger partial charge in [0.1, 0.15) is 48.8 Å². The summed E-state index contributed by atoms with van der Waals surface area (Å²) in [5, 5.41) is 107. The maximum absolute atomic E-state index is 14.6. The molecule has 21 atom stereocenters. The number of aliphatic hydroxyl groups excluding tert-OH is 9. The molecular formula is C42H68O15. The minimum Gasteiger partial charge on any atom is -0.432 e. The van der Waals surface area contributed by atoms with E-state index >= 15 is 0 Å². The highest BCUT2D eigenvalue weighted by Crippen LogP contribution is 2.76. The van der Waals surface area contributed by atoms with Crippen LogP contribution in [-0.4, -0.2) is 149 Å². The zero-order chi connectivity index (χ0) is 42.0. The fraction of sp³-hybridized carbons (Fsp3) is 0.929. The quantitative estimate of drug-likeness (QED) is 0.0981. The highest BCUT2D eigenvalue weighted by molar-refractivity contribution is 5.79. The Hall–Kier alpha value is -1.31. The number of fused-ring (bicyclic) bond motifs is 7. The highest BCUT2D eigenvalue weighted by atomic mass is 16.7. The van der Waals surface area contributed by atoms with Crippen LogP contribution in [0, 0.1) is 50.7 Å². The molecule has 0 unspecified atom stereocenters. The maximum atomic E-state index is 14.6. The van der Waals surface area contributed by atoms with E-state index in [9.17, 15) is 55.9 Å². The zero-order valence-electron chi connectivity index (χ0n) is 34.4. The molecule has 57 heavy (non-hydrogen) atoms. The second-order valence-electron chi connectivity index (χ2n) is 20.5. The van der Waals surface area contributed by atoms with E-state index in [4.69, 9.17) is 18.9 Å². The van der Waals surface area contributed by atoms with Crippen LogP contribution in [0.3, 0.4) is 0 Å². The molecule has 4 saturated carbocycles. The second-order valence-corrected chi connectivity index (χ2v) is 20.5. The van der Waals surface area contributed by atoms with E-state index < -0.39 is 126 Å². The van der Waals surface area contributed by atoms with E-state index in [0.717, 1.165) is 18.4 Å². The predicted molar refractivity (Wildman–Crippen MR) is 200 cm³/mol. The van der Waals surface area contributed by atoms with E-state index in [1.165, 1.54) is 0 Å². The summed E-state index contributed by atoms with van der Waals surface area (Å²) in [6.07, 6.45) is -10.2. The fourth-order valence-corrected chi connectivity index (χ4v) is 13.9. The van der Waals surface area contributed by atoms with Gasteiger partial charge in [0, 0.05) is 5.92 Å². The predicted octanol–water partition coefficient (Wildman–Crippen LogP) is 0.258. The van der Waals surface area contributed by atoms with Crippen molar-refractivity contribution in [3.05, 3.63) is 11.6 Å². The zero-order valence-corrected chi connectivity index (χ0v) is 34.4. The molecule has 0 radical (unpaired) electrons. The summed E-state index contributed by atoms with van der Waals surface area (Å²) in [6.45, 7) is 13.5. The number of allylic oxidation sites excluding steroid dienone is 1. The van der Waals surface area contributed by atoms with Gasteiger partial charge in [0.2, 0.25) is 6.29 Å². The van der Waals surface area contributed by atoms with Crippen molar-refractivity contribution in [1.82, 2.24) is 0 Å². The van der Waals surface area contributed by atoms with Crippen LogP contribution in [0.4, 0.5) is 0 Å². The summed E-state index contributed by atoms with van der Waals surface area (Å²) >= 11 is 0. The lowest BCUT2D eigenvalue weighted by atomic mass is 9.33. The van der Waals surface area contributed by atoms with Gasteiger partial charge in [-0.2, -0.15) is 0 Å². The highest BCUT2D eigenvalue weighted by Gasteiger charge is 2.72. The fourth-order valence-electron chi connectivity index (χ4n) is 13.9. The number of rotatable bonds is 6. The van der Waals surface area contributed by atoms with Gasteiger partial charge < -0.3 is 70.0 Å². The smallest absolute Gasteiger partial charge is 0.315 e. The molecule has 0 aromatic heterocycles. The van der Waals surface area contributed by atoms with Crippen molar-refractivity contribution >= 4 is 5.97 Å². The number of carbonyl (C=O) groups excluding carboxylic acids is 1. The molecule has 0 spiro atoms. The number of hydrogen-bond acceptors (Lipinski definition) is 15. The third kappa shape index (κ3) is 6.18.